The van der Waals surface area contributed by atoms with Crippen LogP contribution < -0.4 is 15.5 Å². The Morgan fingerprint density at radius 2 is 2.12 bits per heavy atom. The molecule has 2 amide bonds. The van der Waals surface area contributed by atoms with Gasteiger partial charge in [0.25, 0.3) is 0 Å². The highest BCUT2D eigenvalue weighted by molar-refractivity contribution is 5.74. The zero-order chi connectivity index (χ0) is 16.9. The minimum atomic E-state index is -0.0816. The highest BCUT2D eigenvalue weighted by Gasteiger charge is 2.30. The fourth-order valence-corrected chi connectivity index (χ4v) is 3.89. The summed E-state index contributed by atoms with van der Waals surface area (Å²) in [4.78, 5) is 21.1. The third kappa shape index (κ3) is 4.17. The fourth-order valence-electron chi connectivity index (χ4n) is 3.89. The van der Waals surface area contributed by atoms with Crippen LogP contribution >= 0.6 is 0 Å². The number of carbonyl (C=O) groups excluding carboxylic acids is 1. The standard InChI is InChI=1S/C18H29N5O/c1-22(2)17-14(6-5-10-19-17)12-20-18(24)21-15-9-11-23(13-15)16-7-3-4-8-16/h5-6,10,15-16H,3-4,7-9,11-13H2,1-2H3,(H2,20,21,24)/t15-/m0/s1. The first kappa shape index (κ1) is 17.0. The van der Waals surface area contributed by atoms with Gasteiger partial charge in [-0.1, -0.05) is 18.9 Å². The second kappa shape index (κ2) is 7.83. The first-order valence-corrected chi connectivity index (χ1v) is 9.03. The largest absolute Gasteiger partial charge is 0.362 e. The van der Waals surface area contributed by atoms with E-state index in [0.717, 1.165) is 36.9 Å². The number of pyridine rings is 1. The molecule has 24 heavy (non-hydrogen) atoms. The summed E-state index contributed by atoms with van der Waals surface area (Å²) in [5.41, 5.74) is 1.02. The molecular weight excluding hydrogens is 302 g/mol. The van der Waals surface area contributed by atoms with Gasteiger partial charge in [0.15, 0.2) is 0 Å². The van der Waals surface area contributed by atoms with Crippen molar-refractivity contribution in [3.05, 3.63) is 23.9 Å². The van der Waals surface area contributed by atoms with Crippen molar-refractivity contribution in [1.82, 2.24) is 20.5 Å². The first-order chi connectivity index (χ1) is 11.6. The average molecular weight is 331 g/mol. The lowest BCUT2D eigenvalue weighted by molar-refractivity contribution is 0.227. The van der Waals surface area contributed by atoms with Crippen LogP contribution in [0.3, 0.4) is 0 Å². The molecule has 1 atom stereocenters. The molecule has 1 saturated heterocycles. The van der Waals surface area contributed by atoms with Crippen molar-refractivity contribution >= 4 is 11.8 Å². The number of urea groups is 1. The number of amides is 2. The molecule has 0 aromatic carbocycles. The molecule has 2 fully saturated rings. The number of carbonyl (C=O) groups is 1. The van der Waals surface area contributed by atoms with Crippen LogP contribution in [0.1, 0.15) is 37.7 Å². The number of likely N-dealkylation sites (tertiary alicyclic amines) is 1. The van der Waals surface area contributed by atoms with Gasteiger partial charge in [-0.3, -0.25) is 4.90 Å². The lowest BCUT2D eigenvalue weighted by atomic mass is 10.2. The lowest BCUT2D eigenvalue weighted by Crippen LogP contribution is -2.44. The van der Waals surface area contributed by atoms with Gasteiger partial charge in [-0.25, -0.2) is 9.78 Å². The molecule has 6 nitrogen and oxygen atoms in total. The molecule has 1 aliphatic heterocycles. The van der Waals surface area contributed by atoms with Crippen molar-refractivity contribution in [3.63, 3.8) is 0 Å². The van der Waals surface area contributed by atoms with Crippen LogP contribution in [0.2, 0.25) is 0 Å². The molecule has 0 radical (unpaired) electrons. The van der Waals surface area contributed by atoms with Crippen molar-refractivity contribution in [3.8, 4) is 0 Å². The van der Waals surface area contributed by atoms with Gasteiger partial charge in [0.2, 0.25) is 0 Å². The monoisotopic (exact) mass is 331 g/mol. The summed E-state index contributed by atoms with van der Waals surface area (Å²) in [5, 5.41) is 6.10. The summed E-state index contributed by atoms with van der Waals surface area (Å²) in [6.07, 6.45) is 8.20. The van der Waals surface area contributed by atoms with Gasteiger partial charge in [0, 0.05) is 57.6 Å². The Hall–Kier alpha value is -1.82. The Bertz CT molecular complexity index is 556. The highest BCUT2D eigenvalue weighted by Crippen LogP contribution is 2.26. The van der Waals surface area contributed by atoms with Crippen molar-refractivity contribution in [2.75, 3.05) is 32.1 Å². The predicted molar refractivity (Wildman–Crippen MR) is 96.2 cm³/mol. The highest BCUT2D eigenvalue weighted by atomic mass is 16.2. The van der Waals surface area contributed by atoms with Gasteiger partial charge in [-0.15, -0.1) is 0 Å². The quantitative estimate of drug-likeness (QED) is 0.866. The van der Waals surface area contributed by atoms with Gasteiger partial charge in [0.05, 0.1) is 0 Å². The number of aromatic nitrogens is 1. The van der Waals surface area contributed by atoms with Crippen LogP contribution in [-0.2, 0) is 6.54 Å². The van der Waals surface area contributed by atoms with Gasteiger partial charge < -0.3 is 15.5 Å². The van der Waals surface area contributed by atoms with Gasteiger partial charge in [0.1, 0.15) is 5.82 Å². The summed E-state index contributed by atoms with van der Waals surface area (Å²) in [5.74, 6) is 0.895. The molecule has 2 N–H and O–H groups in total. The topological polar surface area (TPSA) is 60.5 Å². The molecule has 2 aliphatic rings. The third-order valence-corrected chi connectivity index (χ3v) is 5.13. The summed E-state index contributed by atoms with van der Waals surface area (Å²) >= 11 is 0. The van der Waals surface area contributed by atoms with Crippen molar-refractivity contribution in [2.24, 2.45) is 0 Å². The number of rotatable bonds is 5. The van der Waals surface area contributed by atoms with E-state index in [2.05, 4.69) is 20.5 Å². The minimum absolute atomic E-state index is 0.0816. The number of nitrogens with one attached hydrogen (secondary N) is 2. The first-order valence-electron chi connectivity index (χ1n) is 9.03. The Labute approximate surface area is 144 Å². The number of nitrogens with zero attached hydrogens (tertiary/aromatic N) is 3. The van der Waals surface area contributed by atoms with Crippen molar-refractivity contribution in [1.29, 1.82) is 0 Å². The SMILES string of the molecule is CN(C)c1ncccc1CNC(=O)N[C@H]1CCN(C2CCCC2)C1. The smallest absolute Gasteiger partial charge is 0.315 e. The Morgan fingerprint density at radius 1 is 1.33 bits per heavy atom. The van der Waals surface area contributed by atoms with Crippen molar-refractivity contribution in [2.45, 2.75) is 50.7 Å². The Balaban J connectivity index is 1.45. The molecule has 1 aromatic heterocycles. The maximum absolute atomic E-state index is 12.2. The van der Waals surface area contributed by atoms with E-state index in [1.807, 2.05) is 31.1 Å². The molecule has 1 saturated carbocycles. The molecule has 0 bridgehead atoms. The summed E-state index contributed by atoms with van der Waals surface area (Å²) in [7, 11) is 3.92. The van der Waals surface area contributed by atoms with E-state index in [9.17, 15) is 4.79 Å². The van der Waals surface area contributed by atoms with E-state index >= 15 is 0 Å². The number of hydrogen-bond acceptors (Lipinski definition) is 4. The zero-order valence-electron chi connectivity index (χ0n) is 14.8. The van der Waals surface area contributed by atoms with E-state index in [0.29, 0.717) is 6.54 Å². The van der Waals surface area contributed by atoms with E-state index in [-0.39, 0.29) is 12.1 Å². The molecule has 2 heterocycles. The van der Waals surface area contributed by atoms with Crippen LogP contribution in [0, 0.1) is 0 Å². The maximum Gasteiger partial charge on any atom is 0.315 e. The lowest BCUT2D eigenvalue weighted by Gasteiger charge is -2.23. The van der Waals surface area contributed by atoms with Gasteiger partial charge in [-0.2, -0.15) is 0 Å². The molecule has 3 rings (SSSR count). The van der Waals surface area contributed by atoms with E-state index in [4.69, 9.17) is 0 Å². The summed E-state index contributed by atoms with van der Waals surface area (Å²) < 4.78 is 0. The van der Waals surface area contributed by atoms with Crippen molar-refractivity contribution < 1.29 is 4.79 Å². The van der Waals surface area contributed by atoms with Gasteiger partial charge >= 0.3 is 6.03 Å². The Kier molecular flexibility index (Phi) is 5.56. The van der Waals surface area contributed by atoms with E-state index in [1.54, 1.807) is 6.20 Å². The molecule has 132 valence electrons. The average Bonchev–Trinajstić information content (AvgIpc) is 3.24. The third-order valence-electron chi connectivity index (χ3n) is 5.13. The molecule has 0 spiro atoms. The molecule has 0 unspecified atom stereocenters. The summed E-state index contributed by atoms with van der Waals surface area (Å²) in [6, 6.07) is 4.84. The maximum atomic E-state index is 12.2. The predicted octanol–water partition coefficient (Wildman–Crippen LogP) is 1.96. The second-order valence-corrected chi connectivity index (χ2v) is 7.13. The second-order valence-electron chi connectivity index (χ2n) is 7.13. The minimum Gasteiger partial charge on any atom is -0.362 e. The van der Waals surface area contributed by atoms with Crippen LogP contribution in [0.15, 0.2) is 18.3 Å². The molecule has 1 aliphatic carbocycles. The van der Waals surface area contributed by atoms with Crippen LogP contribution in [0.4, 0.5) is 10.6 Å². The number of hydrogen-bond donors (Lipinski definition) is 2. The fraction of sp³-hybridized carbons (Fsp3) is 0.667. The molecule has 6 heteroatoms. The number of anilines is 1. The van der Waals surface area contributed by atoms with Crippen LogP contribution in [0.25, 0.3) is 0 Å². The van der Waals surface area contributed by atoms with Crippen LogP contribution in [-0.4, -0.2) is 55.2 Å². The zero-order valence-corrected chi connectivity index (χ0v) is 14.8. The summed E-state index contributed by atoms with van der Waals surface area (Å²) in [6.45, 7) is 2.60. The molecule has 1 aromatic rings. The Morgan fingerprint density at radius 3 is 2.88 bits per heavy atom. The molecular formula is C18H29N5O. The normalized spacial score (nSPS) is 21.8. The van der Waals surface area contributed by atoms with E-state index in [1.165, 1.54) is 25.7 Å². The van der Waals surface area contributed by atoms with E-state index < -0.39 is 0 Å². The van der Waals surface area contributed by atoms with Crippen LogP contribution in [0.5, 0.6) is 0 Å². The van der Waals surface area contributed by atoms with Gasteiger partial charge in [-0.05, 0) is 25.3 Å².